The third kappa shape index (κ3) is 7.56. The summed E-state index contributed by atoms with van der Waals surface area (Å²) in [5.41, 5.74) is 2.54. The standard InChI is InChI=1S/C17H33NO2/c1-8-11-15(14(4)9-2)12-13-18(10-3)16(19)20-17(5,6)7/h8-13H2,1-7H3/b15-14+. The van der Waals surface area contributed by atoms with Gasteiger partial charge in [0, 0.05) is 13.1 Å². The van der Waals surface area contributed by atoms with Gasteiger partial charge in [0.2, 0.25) is 0 Å². The number of nitrogens with zero attached hydrogens (tertiary/aromatic N) is 1. The van der Waals surface area contributed by atoms with E-state index in [0.717, 1.165) is 32.2 Å². The first kappa shape index (κ1) is 19.0. The van der Waals surface area contributed by atoms with Gasteiger partial charge in [-0.25, -0.2) is 4.79 Å². The second-order valence-corrected chi connectivity index (χ2v) is 6.30. The van der Waals surface area contributed by atoms with Crippen molar-refractivity contribution in [1.82, 2.24) is 4.90 Å². The number of hydrogen-bond donors (Lipinski definition) is 0. The maximum Gasteiger partial charge on any atom is 0.410 e. The van der Waals surface area contributed by atoms with E-state index in [-0.39, 0.29) is 6.09 Å². The highest BCUT2D eigenvalue weighted by atomic mass is 16.6. The number of ether oxygens (including phenoxy) is 1. The topological polar surface area (TPSA) is 29.5 Å². The minimum atomic E-state index is -0.425. The lowest BCUT2D eigenvalue weighted by molar-refractivity contribution is 0.0262. The Hall–Kier alpha value is -0.990. The molecule has 20 heavy (non-hydrogen) atoms. The van der Waals surface area contributed by atoms with Gasteiger partial charge in [-0.1, -0.05) is 31.4 Å². The summed E-state index contributed by atoms with van der Waals surface area (Å²) < 4.78 is 5.44. The molecule has 1 amide bonds. The SMILES string of the molecule is CCC/C(CCN(CC)C(=O)OC(C)(C)C)=C(/C)CC. The predicted octanol–water partition coefficient (Wildman–Crippen LogP) is 5.16. The summed E-state index contributed by atoms with van der Waals surface area (Å²) >= 11 is 0. The highest BCUT2D eigenvalue weighted by molar-refractivity contribution is 5.68. The molecule has 0 spiro atoms. The minimum Gasteiger partial charge on any atom is -0.444 e. The van der Waals surface area contributed by atoms with E-state index in [0.29, 0.717) is 6.54 Å². The molecule has 0 aromatic heterocycles. The molecule has 0 atom stereocenters. The molecule has 0 aliphatic rings. The van der Waals surface area contributed by atoms with Crippen LogP contribution in [0.25, 0.3) is 0 Å². The van der Waals surface area contributed by atoms with Crippen molar-refractivity contribution < 1.29 is 9.53 Å². The fourth-order valence-corrected chi connectivity index (χ4v) is 2.08. The van der Waals surface area contributed by atoms with Crippen LogP contribution in [0.1, 0.15) is 74.1 Å². The zero-order valence-corrected chi connectivity index (χ0v) is 14.5. The van der Waals surface area contributed by atoms with Gasteiger partial charge in [0.1, 0.15) is 5.60 Å². The quantitative estimate of drug-likeness (QED) is 0.604. The Balaban J connectivity index is 4.61. The zero-order chi connectivity index (χ0) is 15.8. The molecule has 0 saturated carbocycles. The molecule has 0 saturated heterocycles. The Kier molecular flexibility index (Phi) is 8.59. The second kappa shape index (κ2) is 9.04. The lowest BCUT2D eigenvalue weighted by atomic mass is 9.99. The first-order chi connectivity index (χ1) is 9.25. The molecule has 0 heterocycles. The Morgan fingerprint density at radius 3 is 2.10 bits per heavy atom. The number of hydrogen-bond acceptors (Lipinski definition) is 2. The Bertz CT molecular complexity index is 326. The summed E-state index contributed by atoms with van der Waals surface area (Å²) in [6.07, 6.45) is 4.13. The van der Waals surface area contributed by atoms with Crippen molar-refractivity contribution in [1.29, 1.82) is 0 Å². The fourth-order valence-electron chi connectivity index (χ4n) is 2.08. The summed E-state index contributed by atoms with van der Waals surface area (Å²) in [4.78, 5) is 13.9. The molecule has 0 radical (unpaired) electrons. The highest BCUT2D eigenvalue weighted by Crippen LogP contribution is 2.19. The van der Waals surface area contributed by atoms with Crippen LogP contribution in [-0.4, -0.2) is 29.7 Å². The van der Waals surface area contributed by atoms with E-state index in [1.807, 2.05) is 27.7 Å². The lowest BCUT2D eigenvalue weighted by Gasteiger charge is -2.27. The van der Waals surface area contributed by atoms with Crippen molar-refractivity contribution >= 4 is 6.09 Å². The van der Waals surface area contributed by atoms with Crippen LogP contribution < -0.4 is 0 Å². The average Bonchev–Trinajstić information content (AvgIpc) is 2.35. The molecule has 0 aliphatic carbocycles. The molecular weight excluding hydrogens is 250 g/mol. The third-order valence-electron chi connectivity index (χ3n) is 3.40. The van der Waals surface area contributed by atoms with Gasteiger partial charge in [-0.15, -0.1) is 0 Å². The molecule has 0 rings (SSSR count). The molecule has 0 fully saturated rings. The van der Waals surface area contributed by atoms with Gasteiger partial charge in [0.15, 0.2) is 0 Å². The van der Waals surface area contributed by atoms with Crippen molar-refractivity contribution in [3.63, 3.8) is 0 Å². The molecule has 3 heteroatoms. The Morgan fingerprint density at radius 1 is 1.10 bits per heavy atom. The summed E-state index contributed by atoms with van der Waals surface area (Å²) in [5.74, 6) is 0. The summed E-state index contributed by atoms with van der Waals surface area (Å²) in [6, 6.07) is 0. The maximum absolute atomic E-state index is 12.1. The second-order valence-electron chi connectivity index (χ2n) is 6.30. The third-order valence-corrected chi connectivity index (χ3v) is 3.40. The summed E-state index contributed by atoms with van der Waals surface area (Å²) in [6.45, 7) is 15.8. The van der Waals surface area contributed by atoms with Crippen LogP contribution >= 0.6 is 0 Å². The van der Waals surface area contributed by atoms with Crippen molar-refractivity contribution in [3.8, 4) is 0 Å². The van der Waals surface area contributed by atoms with Crippen LogP contribution in [-0.2, 0) is 4.74 Å². The number of amides is 1. The van der Waals surface area contributed by atoms with Crippen LogP contribution in [0.2, 0.25) is 0 Å². The fraction of sp³-hybridized carbons (Fsp3) is 0.824. The largest absolute Gasteiger partial charge is 0.444 e. The van der Waals surface area contributed by atoms with Crippen molar-refractivity contribution in [3.05, 3.63) is 11.1 Å². The van der Waals surface area contributed by atoms with E-state index >= 15 is 0 Å². The first-order valence-electron chi connectivity index (χ1n) is 7.90. The molecule has 0 aromatic rings. The van der Waals surface area contributed by atoms with Gasteiger partial charge in [0.05, 0.1) is 0 Å². The van der Waals surface area contributed by atoms with Crippen LogP contribution in [0.4, 0.5) is 4.79 Å². The average molecular weight is 283 g/mol. The van der Waals surface area contributed by atoms with E-state index in [9.17, 15) is 4.79 Å². The van der Waals surface area contributed by atoms with Crippen molar-refractivity contribution in [2.75, 3.05) is 13.1 Å². The molecular formula is C17H33NO2. The van der Waals surface area contributed by atoms with Crippen LogP contribution in [0, 0.1) is 0 Å². The smallest absolute Gasteiger partial charge is 0.410 e. The number of rotatable bonds is 7. The number of carbonyl (C=O) groups is 1. The Morgan fingerprint density at radius 2 is 1.70 bits per heavy atom. The maximum atomic E-state index is 12.1. The van der Waals surface area contributed by atoms with Crippen molar-refractivity contribution in [2.24, 2.45) is 0 Å². The number of allylic oxidation sites excluding steroid dienone is 1. The van der Waals surface area contributed by atoms with Gasteiger partial charge >= 0.3 is 6.09 Å². The Labute approximate surface area is 125 Å². The minimum absolute atomic E-state index is 0.204. The molecule has 0 bridgehead atoms. The molecule has 0 N–H and O–H groups in total. The molecule has 3 nitrogen and oxygen atoms in total. The molecule has 0 unspecified atom stereocenters. The van der Waals surface area contributed by atoms with Crippen LogP contribution in [0.5, 0.6) is 0 Å². The summed E-state index contributed by atoms with van der Waals surface area (Å²) in [7, 11) is 0. The van der Waals surface area contributed by atoms with Gasteiger partial charge < -0.3 is 9.64 Å². The molecule has 0 aliphatic heterocycles. The monoisotopic (exact) mass is 283 g/mol. The lowest BCUT2D eigenvalue weighted by Crippen LogP contribution is -2.37. The van der Waals surface area contributed by atoms with E-state index in [4.69, 9.17) is 4.74 Å². The van der Waals surface area contributed by atoms with E-state index < -0.39 is 5.60 Å². The van der Waals surface area contributed by atoms with Crippen LogP contribution in [0.15, 0.2) is 11.1 Å². The van der Waals surface area contributed by atoms with Gasteiger partial charge in [-0.3, -0.25) is 0 Å². The number of carbonyl (C=O) groups excluding carboxylic acids is 1. The predicted molar refractivity (Wildman–Crippen MR) is 86.0 cm³/mol. The van der Waals surface area contributed by atoms with Crippen LogP contribution in [0.3, 0.4) is 0 Å². The van der Waals surface area contributed by atoms with E-state index in [1.54, 1.807) is 4.90 Å². The van der Waals surface area contributed by atoms with E-state index in [1.165, 1.54) is 11.1 Å². The molecule has 118 valence electrons. The summed E-state index contributed by atoms with van der Waals surface area (Å²) in [5, 5.41) is 0. The van der Waals surface area contributed by atoms with Gasteiger partial charge in [-0.2, -0.15) is 0 Å². The van der Waals surface area contributed by atoms with E-state index in [2.05, 4.69) is 20.8 Å². The zero-order valence-electron chi connectivity index (χ0n) is 14.5. The van der Waals surface area contributed by atoms with Crippen molar-refractivity contribution in [2.45, 2.75) is 79.8 Å². The van der Waals surface area contributed by atoms with Gasteiger partial charge in [0.25, 0.3) is 0 Å². The normalized spacial score (nSPS) is 12.9. The highest BCUT2D eigenvalue weighted by Gasteiger charge is 2.21. The molecule has 0 aromatic carbocycles. The first-order valence-corrected chi connectivity index (χ1v) is 7.90. The van der Waals surface area contributed by atoms with Gasteiger partial charge in [-0.05, 0) is 53.9 Å².